The second kappa shape index (κ2) is 11.5. The summed E-state index contributed by atoms with van der Waals surface area (Å²) in [6, 6.07) is 8.15. The molecule has 9 heteroatoms. The number of guanidine groups is 1. The highest BCUT2D eigenvalue weighted by molar-refractivity contribution is 5.79. The van der Waals surface area contributed by atoms with Gasteiger partial charge in [0.05, 0.1) is 20.3 Å². The van der Waals surface area contributed by atoms with Gasteiger partial charge in [0.2, 0.25) is 0 Å². The lowest BCUT2D eigenvalue weighted by atomic mass is 10.1. The van der Waals surface area contributed by atoms with Crippen LogP contribution in [0, 0.1) is 6.92 Å². The van der Waals surface area contributed by atoms with Crippen LogP contribution in [0.4, 0.5) is 0 Å². The summed E-state index contributed by atoms with van der Waals surface area (Å²) in [5.41, 5.74) is 1.25. The number of hydrogen-bond acceptors (Lipinski definition) is 6. The van der Waals surface area contributed by atoms with E-state index in [-0.39, 0.29) is 0 Å². The van der Waals surface area contributed by atoms with Gasteiger partial charge in [-0.3, -0.25) is 4.90 Å². The molecule has 164 valence electrons. The van der Waals surface area contributed by atoms with Gasteiger partial charge in [0.25, 0.3) is 0 Å². The first-order valence-electron chi connectivity index (χ1n) is 10.5. The molecule has 0 radical (unpaired) electrons. The summed E-state index contributed by atoms with van der Waals surface area (Å²) in [6.07, 6.45) is 0.900. The molecule has 2 N–H and O–H groups in total. The molecule has 0 amide bonds. The van der Waals surface area contributed by atoms with Gasteiger partial charge in [-0.05, 0) is 31.0 Å². The fraction of sp³-hybridized carbons (Fsp3) is 0.571. The molecular weight excluding hydrogens is 382 g/mol. The van der Waals surface area contributed by atoms with Crippen molar-refractivity contribution < 1.29 is 9.47 Å². The van der Waals surface area contributed by atoms with Gasteiger partial charge in [0.15, 0.2) is 11.8 Å². The third-order valence-electron chi connectivity index (χ3n) is 5.25. The van der Waals surface area contributed by atoms with Crippen LogP contribution in [0.25, 0.3) is 0 Å². The Kier molecular flexibility index (Phi) is 8.46. The molecule has 0 atom stereocenters. The number of nitrogens with one attached hydrogen (secondary N) is 2. The molecule has 1 aromatic carbocycles. The van der Waals surface area contributed by atoms with Crippen LogP contribution < -0.4 is 15.4 Å². The number of morpholine rings is 1. The Hall–Kier alpha value is -2.65. The summed E-state index contributed by atoms with van der Waals surface area (Å²) in [5, 5.41) is 15.2. The number of methoxy groups -OCH3 is 1. The van der Waals surface area contributed by atoms with E-state index >= 15 is 0 Å². The van der Waals surface area contributed by atoms with E-state index in [1.54, 1.807) is 7.11 Å². The van der Waals surface area contributed by atoms with Crippen LogP contribution in [0.1, 0.15) is 17.2 Å². The third kappa shape index (κ3) is 6.70. The molecule has 0 spiro atoms. The van der Waals surface area contributed by atoms with E-state index in [1.165, 1.54) is 5.56 Å². The van der Waals surface area contributed by atoms with Crippen LogP contribution in [-0.2, 0) is 24.8 Å². The molecule has 1 saturated heterocycles. The molecule has 1 aliphatic rings. The van der Waals surface area contributed by atoms with E-state index in [0.717, 1.165) is 75.7 Å². The van der Waals surface area contributed by atoms with Crippen molar-refractivity contribution in [2.75, 3.05) is 53.0 Å². The van der Waals surface area contributed by atoms with Gasteiger partial charge in [-0.1, -0.05) is 12.1 Å². The number of aliphatic imine (C=N–C) groups is 1. The van der Waals surface area contributed by atoms with Crippen LogP contribution in [0.15, 0.2) is 29.3 Å². The average molecular weight is 416 g/mol. The lowest BCUT2D eigenvalue weighted by Gasteiger charge is -2.26. The Bertz CT molecular complexity index is 798. The molecule has 1 aliphatic heterocycles. The maximum absolute atomic E-state index is 5.42. The largest absolute Gasteiger partial charge is 0.497 e. The van der Waals surface area contributed by atoms with Gasteiger partial charge in [-0.2, -0.15) is 0 Å². The average Bonchev–Trinajstić information content (AvgIpc) is 3.10. The number of aryl methyl sites for hydroxylation is 1. The lowest BCUT2D eigenvalue weighted by Crippen LogP contribution is -2.44. The zero-order valence-corrected chi connectivity index (χ0v) is 18.2. The van der Waals surface area contributed by atoms with Crippen LogP contribution in [0.3, 0.4) is 0 Å². The van der Waals surface area contributed by atoms with Crippen molar-refractivity contribution in [1.29, 1.82) is 0 Å². The second-order valence-electron chi connectivity index (χ2n) is 7.29. The van der Waals surface area contributed by atoms with Gasteiger partial charge in [-0.25, -0.2) is 4.99 Å². The minimum Gasteiger partial charge on any atom is -0.497 e. The second-order valence-corrected chi connectivity index (χ2v) is 7.29. The maximum atomic E-state index is 5.42. The quantitative estimate of drug-likeness (QED) is 0.461. The van der Waals surface area contributed by atoms with Crippen molar-refractivity contribution in [3.63, 3.8) is 0 Å². The van der Waals surface area contributed by atoms with Crippen molar-refractivity contribution in [3.05, 3.63) is 41.5 Å². The number of ether oxygens (including phenoxy) is 2. The van der Waals surface area contributed by atoms with E-state index in [2.05, 4.69) is 37.9 Å². The first-order valence-corrected chi connectivity index (χ1v) is 10.5. The zero-order valence-electron chi connectivity index (χ0n) is 18.2. The van der Waals surface area contributed by atoms with Crippen LogP contribution in [0.5, 0.6) is 5.75 Å². The fourth-order valence-corrected chi connectivity index (χ4v) is 3.19. The molecule has 0 saturated carbocycles. The predicted octanol–water partition coefficient (Wildman–Crippen LogP) is 0.742. The minimum absolute atomic E-state index is 0.479. The molecular formula is C21H33N7O2. The Labute approximate surface area is 178 Å². The molecule has 1 aromatic heterocycles. The molecule has 1 fully saturated rings. The summed E-state index contributed by atoms with van der Waals surface area (Å²) in [5.74, 6) is 3.39. The minimum atomic E-state index is 0.479. The molecule has 0 bridgehead atoms. The molecule has 30 heavy (non-hydrogen) atoms. The molecule has 9 nitrogen and oxygen atoms in total. The standard InChI is InChI=1S/C21H33N7O2/c1-17-25-26-20(27(17)2)16-24-21(23-10-11-28-12-14-30-15-13-28)22-9-8-18-4-6-19(29-3)7-5-18/h4-7H,8-16H2,1-3H3,(H2,22,23,24). The molecule has 3 rings (SSSR count). The topological polar surface area (TPSA) is 88.8 Å². The Morgan fingerprint density at radius 3 is 2.53 bits per heavy atom. The van der Waals surface area contributed by atoms with E-state index in [0.29, 0.717) is 6.54 Å². The lowest BCUT2D eigenvalue weighted by molar-refractivity contribution is 0.0389. The molecule has 0 unspecified atom stereocenters. The van der Waals surface area contributed by atoms with Crippen molar-refractivity contribution in [3.8, 4) is 5.75 Å². The van der Waals surface area contributed by atoms with Crippen molar-refractivity contribution in [2.45, 2.75) is 19.9 Å². The summed E-state index contributed by atoms with van der Waals surface area (Å²) in [4.78, 5) is 7.12. The van der Waals surface area contributed by atoms with Gasteiger partial charge in [0.1, 0.15) is 18.1 Å². The Morgan fingerprint density at radius 2 is 1.87 bits per heavy atom. The summed E-state index contributed by atoms with van der Waals surface area (Å²) >= 11 is 0. The highest BCUT2D eigenvalue weighted by Crippen LogP contribution is 2.11. The van der Waals surface area contributed by atoms with Crippen molar-refractivity contribution in [1.82, 2.24) is 30.3 Å². The number of hydrogen-bond donors (Lipinski definition) is 2. The number of aromatic nitrogens is 3. The Balaban J connectivity index is 1.52. The van der Waals surface area contributed by atoms with Crippen molar-refractivity contribution in [2.24, 2.45) is 12.0 Å². The molecule has 2 heterocycles. The van der Waals surface area contributed by atoms with Crippen molar-refractivity contribution >= 4 is 5.96 Å². The smallest absolute Gasteiger partial charge is 0.191 e. The normalized spacial score (nSPS) is 15.2. The summed E-state index contributed by atoms with van der Waals surface area (Å²) in [7, 11) is 3.64. The maximum Gasteiger partial charge on any atom is 0.191 e. The van der Waals surface area contributed by atoms with E-state index in [4.69, 9.17) is 14.5 Å². The number of rotatable bonds is 9. The van der Waals surface area contributed by atoms with Gasteiger partial charge >= 0.3 is 0 Å². The zero-order chi connectivity index (χ0) is 21.2. The highest BCUT2D eigenvalue weighted by Gasteiger charge is 2.10. The third-order valence-corrected chi connectivity index (χ3v) is 5.25. The monoisotopic (exact) mass is 415 g/mol. The van der Waals surface area contributed by atoms with Crippen LogP contribution in [-0.4, -0.2) is 78.7 Å². The fourth-order valence-electron chi connectivity index (χ4n) is 3.19. The SMILES string of the molecule is COc1ccc(CCNC(=NCc2nnc(C)n2C)NCCN2CCOCC2)cc1. The summed E-state index contributed by atoms with van der Waals surface area (Å²) < 4.78 is 12.6. The van der Waals surface area contributed by atoms with Crippen LogP contribution in [0.2, 0.25) is 0 Å². The number of benzene rings is 1. The predicted molar refractivity (Wildman–Crippen MR) is 117 cm³/mol. The molecule has 2 aromatic rings. The van der Waals surface area contributed by atoms with Gasteiger partial charge in [0, 0.05) is 39.8 Å². The van der Waals surface area contributed by atoms with E-state index in [9.17, 15) is 0 Å². The number of nitrogens with zero attached hydrogens (tertiary/aromatic N) is 5. The van der Waals surface area contributed by atoms with Crippen LogP contribution >= 0.6 is 0 Å². The van der Waals surface area contributed by atoms with Gasteiger partial charge in [-0.15, -0.1) is 10.2 Å². The van der Waals surface area contributed by atoms with Gasteiger partial charge < -0.3 is 24.7 Å². The first kappa shape index (κ1) is 22.0. The van der Waals surface area contributed by atoms with E-state index in [1.807, 2.05) is 30.7 Å². The Morgan fingerprint density at radius 1 is 1.13 bits per heavy atom. The van der Waals surface area contributed by atoms with E-state index < -0.39 is 0 Å². The first-order chi connectivity index (χ1) is 14.7. The molecule has 0 aliphatic carbocycles. The highest BCUT2D eigenvalue weighted by atomic mass is 16.5. The summed E-state index contributed by atoms with van der Waals surface area (Å²) in [6.45, 7) is 8.58.